The molecule has 9 rings (SSSR count). The number of ether oxygens (including phenoxy) is 4. The first kappa shape index (κ1) is 47.1. The van der Waals surface area contributed by atoms with Crippen LogP contribution in [0.2, 0.25) is 0 Å². The highest BCUT2D eigenvalue weighted by atomic mass is 19.1. The number of nitrogens with one attached hydrogen (secondary N) is 1. The summed E-state index contributed by atoms with van der Waals surface area (Å²) in [6.45, 7) is 7.79. The fourth-order valence-corrected chi connectivity index (χ4v) is 12.4. The van der Waals surface area contributed by atoms with Crippen LogP contribution in [0, 0.1) is 22.2 Å². The zero-order chi connectivity index (χ0) is 48.6. The highest BCUT2D eigenvalue weighted by Crippen LogP contribution is 2.77. The zero-order valence-corrected chi connectivity index (χ0v) is 38.6. The first-order valence-electron chi connectivity index (χ1n) is 23.0. The van der Waals surface area contributed by atoms with Crippen LogP contribution in [-0.4, -0.2) is 88.1 Å². The number of benzene rings is 3. The number of pyridine rings is 1. The van der Waals surface area contributed by atoms with Gasteiger partial charge in [-0.05, 0) is 135 Å². The van der Waals surface area contributed by atoms with E-state index in [0.717, 1.165) is 22.4 Å². The Labute approximate surface area is 392 Å². The first-order chi connectivity index (χ1) is 32.2. The molecule has 5 aliphatic rings. The second kappa shape index (κ2) is 16.9. The maximum atomic E-state index is 18.0. The van der Waals surface area contributed by atoms with Crippen molar-refractivity contribution in [2.24, 2.45) is 27.9 Å². The highest BCUT2D eigenvalue weighted by molar-refractivity contribution is 6.02. The van der Waals surface area contributed by atoms with Gasteiger partial charge < -0.3 is 35.1 Å². The molecule has 1 unspecified atom stereocenters. The van der Waals surface area contributed by atoms with E-state index in [1.807, 2.05) is 24.3 Å². The molecule has 3 saturated carbocycles. The molecule has 1 amide bonds. The van der Waals surface area contributed by atoms with E-state index in [9.17, 15) is 29.1 Å². The van der Waals surface area contributed by atoms with E-state index in [-0.39, 0.29) is 48.5 Å². The molecule has 4 aliphatic carbocycles. The number of ketones is 2. The fourth-order valence-electron chi connectivity index (χ4n) is 12.4. The summed E-state index contributed by atoms with van der Waals surface area (Å²) in [6.07, 6.45) is 2.69. The summed E-state index contributed by atoms with van der Waals surface area (Å²) in [5.41, 5.74) is -0.212. The Morgan fingerprint density at radius 1 is 0.926 bits per heavy atom. The lowest BCUT2D eigenvalue weighted by molar-refractivity contribution is -0.274. The largest absolute Gasteiger partial charge is 0.457 e. The Kier molecular flexibility index (Phi) is 11.7. The van der Waals surface area contributed by atoms with Crippen molar-refractivity contribution in [2.45, 2.75) is 108 Å². The number of nitrogens with two attached hydrogens (primary N) is 1. The zero-order valence-electron chi connectivity index (χ0n) is 38.6. The minimum absolute atomic E-state index is 0.0138. The molecular formula is C53H55F2N3O10. The third-order valence-corrected chi connectivity index (χ3v) is 15.9. The van der Waals surface area contributed by atoms with Crippen LogP contribution in [-0.2, 0) is 39.9 Å². The van der Waals surface area contributed by atoms with E-state index in [1.165, 1.54) is 43.3 Å². The van der Waals surface area contributed by atoms with E-state index in [2.05, 4.69) is 10.3 Å². The number of fused-ring (bicyclic) bond motifs is 8. The molecule has 0 bridgehead atoms. The number of aromatic nitrogens is 1. The quantitative estimate of drug-likeness (QED) is 0.118. The Balaban J connectivity index is 0.838. The molecular weight excluding hydrogens is 877 g/mol. The van der Waals surface area contributed by atoms with Crippen molar-refractivity contribution in [3.63, 3.8) is 0 Å². The lowest BCUT2D eigenvalue weighted by atomic mass is 9.39. The maximum Gasteiger partial charge on any atom is 0.338 e. The van der Waals surface area contributed by atoms with Gasteiger partial charge in [-0.2, -0.15) is 0 Å². The Bertz CT molecular complexity index is 2780. The second-order valence-electron chi connectivity index (χ2n) is 20.0. The summed E-state index contributed by atoms with van der Waals surface area (Å²) in [5, 5.41) is 16.8. The summed E-state index contributed by atoms with van der Waals surface area (Å²) >= 11 is 0. The van der Waals surface area contributed by atoms with Gasteiger partial charge in [0.05, 0.1) is 29.3 Å². The molecule has 4 N–H and O–H groups in total. The van der Waals surface area contributed by atoms with E-state index in [0.29, 0.717) is 24.2 Å². The second-order valence-corrected chi connectivity index (χ2v) is 20.0. The number of rotatable bonds is 12. The first-order valence-corrected chi connectivity index (χ1v) is 23.0. The number of allylic oxidation sites excluding steroid dienone is 4. The molecule has 1 aromatic heterocycles. The molecule has 15 heteroatoms. The number of halogens is 2. The predicted molar refractivity (Wildman–Crippen MR) is 245 cm³/mol. The van der Waals surface area contributed by atoms with Crippen LogP contribution in [0.25, 0.3) is 10.8 Å². The molecule has 1 aliphatic heterocycles. The Morgan fingerprint density at radius 2 is 1.62 bits per heavy atom. The van der Waals surface area contributed by atoms with E-state index in [1.54, 1.807) is 64.4 Å². The summed E-state index contributed by atoms with van der Waals surface area (Å²) in [7, 11) is 0. The van der Waals surface area contributed by atoms with Gasteiger partial charge in [0.1, 0.15) is 12.8 Å². The third kappa shape index (κ3) is 7.31. The number of esters is 2. The predicted octanol–water partition coefficient (Wildman–Crippen LogP) is 7.60. The maximum absolute atomic E-state index is 18.0. The Hall–Kier alpha value is -6.00. The number of amides is 1. The molecule has 10 atom stereocenters. The van der Waals surface area contributed by atoms with Gasteiger partial charge in [0, 0.05) is 40.2 Å². The summed E-state index contributed by atoms with van der Waals surface area (Å²) in [5.74, 6) is -5.76. The number of Topliss-reactive ketones (excluding diaryl/α,β-unsaturated/α-hetero) is 1. The summed E-state index contributed by atoms with van der Waals surface area (Å²) < 4.78 is 58.3. The van der Waals surface area contributed by atoms with Crippen LogP contribution in [0.15, 0.2) is 109 Å². The van der Waals surface area contributed by atoms with Crippen LogP contribution in [0.1, 0.15) is 98.1 Å². The SMILES string of the molecule is CC1(C)O[C@@H]2C[C@@]3(C)[C@@H]4C[C@H](F)C5=CC(=O)C=C[C@]5(C)[C@@]4(F)[C@@H](O)C[C@]3(C)[C@]2(C(=O)COC(=O)c2ccc(C(=O)OCc3ccc(C(CCN)C(=O)Nc4ccc5cnccc5c4)cc3)cc2)O1. The number of nitrogens with zero attached hydrogens (tertiary/aromatic N) is 1. The lowest BCUT2D eigenvalue weighted by Gasteiger charge is -2.67. The fraction of sp³-hybridized carbons (Fsp3) is 0.434. The number of aliphatic hydroxyl groups excluding tert-OH is 1. The monoisotopic (exact) mass is 931 g/mol. The number of hydrogen-bond acceptors (Lipinski definition) is 12. The number of aliphatic hydroxyl groups is 1. The molecule has 4 aromatic rings. The van der Waals surface area contributed by atoms with Crippen molar-refractivity contribution in [3.05, 3.63) is 131 Å². The van der Waals surface area contributed by atoms with E-state index in [4.69, 9.17) is 24.7 Å². The van der Waals surface area contributed by atoms with Crippen molar-refractivity contribution in [1.29, 1.82) is 0 Å². The van der Waals surface area contributed by atoms with Crippen molar-refractivity contribution in [1.82, 2.24) is 4.98 Å². The number of carbonyl (C=O) groups excluding carboxylic acids is 5. The van der Waals surface area contributed by atoms with Crippen LogP contribution in [0.4, 0.5) is 14.5 Å². The smallest absolute Gasteiger partial charge is 0.338 e. The summed E-state index contributed by atoms with van der Waals surface area (Å²) in [6, 6.07) is 20.1. The number of carbonyl (C=O) groups is 5. The van der Waals surface area contributed by atoms with Crippen LogP contribution in [0.5, 0.6) is 0 Å². The van der Waals surface area contributed by atoms with Crippen LogP contribution in [0.3, 0.4) is 0 Å². The third-order valence-electron chi connectivity index (χ3n) is 15.9. The normalized spacial score (nSPS) is 32.5. The molecule has 0 spiro atoms. The Morgan fingerprint density at radius 3 is 2.31 bits per heavy atom. The molecule has 1 saturated heterocycles. The number of anilines is 1. The topological polar surface area (TPSA) is 193 Å². The average molecular weight is 932 g/mol. The summed E-state index contributed by atoms with van der Waals surface area (Å²) in [4.78, 5) is 71.0. The average Bonchev–Trinajstić information content (AvgIpc) is 3.69. The minimum atomic E-state index is -2.41. The molecule has 4 fully saturated rings. The molecule has 0 radical (unpaired) electrons. The van der Waals surface area contributed by atoms with Crippen molar-refractivity contribution < 1.29 is 56.8 Å². The standard InChI is InChI=1S/C53H55F2N3O10/c1-48(2)67-44-26-50(4)41-24-40(54)39-23-37(59)16-19-49(39,3)52(41,55)42(60)25-51(50,5)53(44,68-48)43(61)29-66-47(64)33-12-10-32(11-13-33)46(63)65-28-30-6-8-31(9-7-30)38(17-20-56)45(62)58-36-15-14-35-27-57-21-18-34(35)22-36/h6-16,18-19,21-23,27,38,40-42,44,60H,17,20,24-26,28-29,56H2,1-5H3,(H,58,62)/t38?,40-,41-,42-,44+,49-,50-,51-,52-,53+/m0/s1. The molecule has 3 aromatic carbocycles. The van der Waals surface area contributed by atoms with Gasteiger partial charge in [-0.25, -0.2) is 18.4 Å². The van der Waals surface area contributed by atoms with Crippen LogP contribution < -0.4 is 11.1 Å². The van der Waals surface area contributed by atoms with E-state index >= 15 is 8.78 Å². The number of hydrogen-bond donors (Lipinski definition) is 3. The van der Waals surface area contributed by atoms with Gasteiger partial charge in [-0.3, -0.25) is 19.4 Å². The van der Waals surface area contributed by atoms with E-state index < -0.39 is 93.6 Å². The van der Waals surface area contributed by atoms with Crippen LogP contribution >= 0.6 is 0 Å². The van der Waals surface area contributed by atoms with Gasteiger partial charge >= 0.3 is 11.9 Å². The molecule has 2 heterocycles. The molecule has 356 valence electrons. The van der Waals surface area contributed by atoms with Gasteiger partial charge in [-0.15, -0.1) is 0 Å². The molecule has 13 nitrogen and oxygen atoms in total. The van der Waals surface area contributed by atoms with Crippen molar-refractivity contribution in [2.75, 3.05) is 18.5 Å². The van der Waals surface area contributed by atoms with Gasteiger partial charge in [-0.1, -0.05) is 50.3 Å². The van der Waals surface area contributed by atoms with Gasteiger partial charge in [0.25, 0.3) is 0 Å². The highest BCUT2D eigenvalue weighted by Gasteiger charge is 2.84. The van der Waals surface area contributed by atoms with Crippen molar-refractivity contribution >= 4 is 45.9 Å². The lowest BCUT2D eigenvalue weighted by Crippen LogP contribution is -2.73. The van der Waals surface area contributed by atoms with Gasteiger partial charge in [0.15, 0.2) is 29.4 Å². The molecule has 68 heavy (non-hydrogen) atoms. The van der Waals surface area contributed by atoms with Gasteiger partial charge in [0.2, 0.25) is 11.7 Å². The minimum Gasteiger partial charge on any atom is -0.457 e. The number of alkyl halides is 2. The van der Waals surface area contributed by atoms with Crippen molar-refractivity contribution in [3.8, 4) is 0 Å².